The quantitative estimate of drug-likeness (QED) is 0.175. The minimum atomic E-state index is 0. The summed E-state index contributed by atoms with van der Waals surface area (Å²) >= 11 is 1.61. The number of halogens is 1. The standard InChI is InChI=1S/C22H25N5OS.HI/c1-3-23-22(26-13-17-14-28-21(27-17)20-5-4-10-29-20)24-9-8-16-12-25-19-11-15(2)6-7-18(16)19;/h4-7,10-12,14,25H,3,8-9,13H2,1-2H3,(H2,23,24,26);1H. The molecule has 4 aromatic rings. The number of aliphatic imine (C=N–C) groups is 1. The number of nitrogens with zero attached hydrogens (tertiary/aromatic N) is 2. The third-order valence-electron chi connectivity index (χ3n) is 4.64. The van der Waals surface area contributed by atoms with Crippen LogP contribution in [0.15, 0.2) is 57.6 Å². The second kappa shape index (κ2) is 10.6. The molecule has 0 saturated heterocycles. The number of hydrogen-bond acceptors (Lipinski definition) is 4. The summed E-state index contributed by atoms with van der Waals surface area (Å²) in [7, 11) is 0. The van der Waals surface area contributed by atoms with E-state index in [1.165, 1.54) is 22.0 Å². The number of H-pyrrole nitrogens is 1. The Labute approximate surface area is 197 Å². The van der Waals surface area contributed by atoms with Gasteiger partial charge in [-0.2, -0.15) is 0 Å². The van der Waals surface area contributed by atoms with Crippen molar-refractivity contribution in [2.24, 2.45) is 4.99 Å². The van der Waals surface area contributed by atoms with Crippen molar-refractivity contribution in [1.29, 1.82) is 0 Å². The van der Waals surface area contributed by atoms with Gasteiger partial charge in [-0.1, -0.05) is 18.2 Å². The first kappa shape index (κ1) is 22.4. The highest BCUT2D eigenvalue weighted by Gasteiger charge is 2.08. The molecule has 0 radical (unpaired) electrons. The Bertz CT molecular complexity index is 1100. The number of aryl methyl sites for hydroxylation is 1. The second-order valence-electron chi connectivity index (χ2n) is 6.86. The molecule has 30 heavy (non-hydrogen) atoms. The molecule has 3 heterocycles. The minimum Gasteiger partial charge on any atom is -0.443 e. The average Bonchev–Trinajstić information content (AvgIpc) is 3.46. The molecule has 0 amide bonds. The normalized spacial score (nSPS) is 11.5. The van der Waals surface area contributed by atoms with E-state index in [2.05, 4.69) is 63.8 Å². The molecule has 0 aliphatic heterocycles. The Morgan fingerprint density at radius 2 is 2.17 bits per heavy atom. The van der Waals surface area contributed by atoms with E-state index in [1.54, 1.807) is 17.6 Å². The Hall–Kier alpha value is -2.33. The van der Waals surface area contributed by atoms with Gasteiger partial charge < -0.3 is 20.0 Å². The number of aromatic nitrogens is 2. The number of fused-ring (bicyclic) bond motifs is 1. The van der Waals surface area contributed by atoms with Crippen molar-refractivity contribution < 1.29 is 4.42 Å². The van der Waals surface area contributed by atoms with Gasteiger partial charge in [-0.05, 0) is 48.9 Å². The lowest BCUT2D eigenvalue weighted by atomic mass is 10.1. The van der Waals surface area contributed by atoms with E-state index in [4.69, 9.17) is 4.42 Å². The van der Waals surface area contributed by atoms with E-state index in [9.17, 15) is 0 Å². The topological polar surface area (TPSA) is 78.2 Å². The highest BCUT2D eigenvalue weighted by atomic mass is 127. The molecule has 0 saturated carbocycles. The molecule has 6 nitrogen and oxygen atoms in total. The Morgan fingerprint density at radius 1 is 1.27 bits per heavy atom. The fourth-order valence-corrected chi connectivity index (χ4v) is 3.87. The maximum atomic E-state index is 5.57. The number of hydrogen-bond donors (Lipinski definition) is 3. The molecule has 0 spiro atoms. The number of oxazole rings is 1. The van der Waals surface area contributed by atoms with Crippen molar-refractivity contribution in [3.05, 3.63) is 65.0 Å². The Kier molecular flexibility index (Phi) is 7.92. The van der Waals surface area contributed by atoms with Gasteiger partial charge in [-0.3, -0.25) is 0 Å². The lowest BCUT2D eigenvalue weighted by Gasteiger charge is -2.10. The molecule has 3 aromatic heterocycles. The van der Waals surface area contributed by atoms with Gasteiger partial charge in [0.1, 0.15) is 12.0 Å². The summed E-state index contributed by atoms with van der Waals surface area (Å²) in [5.74, 6) is 1.43. The van der Waals surface area contributed by atoms with E-state index in [0.717, 1.165) is 36.0 Å². The van der Waals surface area contributed by atoms with Crippen molar-refractivity contribution in [3.63, 3.8) is 0 Å². The zero-order valence-corrected chi connectivity index (χ0v) is 20.2. The van der Waals surface area contributed by atoms with E-state index < -0.39 is 0 Å². The van der Waals surface area contributed by atoms with Crippen LogP contribution < -0.4 is 10.6 Å². The molecular weight excluding hydrogens is 509 g/mol. The first-order chi connectivity index (χ1) is 14.2. The molecule has 0 aliphatic rings. The van der Waals surface area contributed by atoms with Crippen molar-refractivity contribution in [2.45, 2.75) is 26.8 Å². The fourth-order valence-electron chi connectivity index (χ4n) is 3.22. The van der Waals surface area contributed by atoms with Crippen LogP contribution in [0.1, 0.15) is 23.7 Å². The number of thiophene rings is 1. The Balaban J connectivity index is 0.00000256. The SMILES string of the molecule is CCNC(=NCc1coc(-c2cccs2)n1)NCCc1c[nH]c2cc(C)ccc12.I. The zero-order valence-electron chi connectivity index (χ0n) is 17.1. The van der Waals surface area contributed by atoms with Crippen LogP contribution in [0.5, 0.6) is 0 Å². The molecule has 3 N–H and O–H groups in total. The van der Waals surface area contributed by atoms with Gasteiger partial charge in [0.2, 0.25) is 5.89 Å². The van der Waals surface area contributed by atoms with Crippen LogP contribution in [0.2, 0.25) is 0 Å². The van der Waals surface area contributed by atoms with Gasteiger partial charge in [-0.25, -0.2) is 9.98 Å². The predicted molar refractivity (Wildman–Crippen MR) is 135 cm³/mol. The molecule has 1 aromatic carbocycles. The lowest BCUT2D eigenvalue weighted by Crippen LogP contribution is -2.38. The summed E-state index contributed by atoms with van der Waals surface area (Å²) in [5, 5.41) is 9.99. The minimum absolute atomic E-state index is 0. The van der Waals surface area contributed by atoms with E-state index in [1.807, 2.05) is 17.5 Å². The molecular formula is C22H26IN5OS. The molecule has 0 bridgehead atoms. The summed E-state index contributed by atoms with van der Waals surface area (Å²) < 4.78 is 5.57. The zero-order chi connectivity index (χ0) is 20.1. The van der Waals surface area contributed by atoms with Crippen molar-refractivity contribution in [3.8, 4) is 10.8 Å². The summed E-state index contributed by atoms with van der Waals surface area (Å²) in [4.78, 5) is 13.6. The molecule has 0 aliphatic carbocycles. The van der Waals surface area contributed by atoms with Crippen molar-refractivity contribution in [1.82, 2.24) is 20.6 Å². The molecule has 0 fully saturated rings. The summed E-state index contributed by atoms with van der Waals surface area (Å²) in [6, 6.07) is 10.5. The van der Waals surface area contributed by atoms with E-state index >= 15 is 0 Å². The third-order valence-corrected chi connectivity index (χ3v) is 5.49. The van der Waals surface area contributed by atoms with Crippen LogP contribution in [-0.2, 0) is 13.0 Å². The number of guanidine groups is 1. The number of nitrogens with one attached hydrogen (secondary N) is 3. The smallest absolute Gasteiger partial charge is 0.236 e. The highest BCUT2D eigenvalue weighted by molar-refractivity contribution is 14.0. The second-order valence-corrected chi connectivity index (χ2v) is 7.80. The van der Waals surface area contributed by atoms with Crippen LogP contribution >= 0.6 is 35.3 Å². The molecule has 0 unspecified atom stereocenters. The number of aromatic amines is 1. The van der Waals surface area contributed by atoms with Crippen LogP contribution in [0, 0.1) is 6.92 Å². The monoisotopic (exact) mass is 535 g/mol. The molecule has 0 atom stereocenters. The van der Waals surface area contributed by atoms with Gasteiger partial charge in [0.05, 0.1) is 11.4 Å². The number of benzene rings is 1. The van der Waals surface area contributed by atoms with Crippen LogP contribution in [-0.4, -0.2) is 29.0 Å². The van der Waals surface area contributed by atoms with Gasteiger partial charge in [0.15, 0.2) is 5.96 Å². The third kappa shape index (κ3) is 5.42. The summed E-state index contributed by atoms with van der Waals surface area (Å²) in [6.07, 6.45) is 4.69. The van der Waals surface area contributed by atoms with Gasteiger partial charge >= 0.3 is 0 Å². The van der Waals surface area contributed by atoms with Crippen molar-refractivity contribution in [2.75, 3.05) is 13.1 Å². The van der Waals surface area contributed by atoms with Gasteiger partial charge in [0.25, 0.3) is 0 Å². The van der Waals surface area contributed by atoms with Crippen LogP contribution in [0.3, 0.4) is 0 Å². The van der Waals surface area contributed by atoms with Gasteiger partial charge in [0, 0.05) is 30.2 Å². The lowest BCUT2D eigenvalue weighted by molar-refractivity contribution is 0.574. The Morgan fingerprint density at radius 3 is 2.97 bits per heavy atom. The average molecular weight is 535 g/mol. The fraction of sp³-hybridized carbons (Fsp3) is 0.273. The van der Waals surface area contributed by atoms with Gasteiger partial charge in [-0.15, -0.1) is 35.3 Å². The molecule has 4 rings (SSSR count). The summed E-state index contributed by atoms with van der Waals surface area (Å²) in [5.41, 5.74) is 4.58. The maximum Gasteiger partial charge on any atom is 0.236 e. The predicted octanol–water partition coefficient (Wildman–Crippen LogP) is 5.11. The van der Waals surface area contributed by atoms with E-state index in [-0.39, 0.29) is 24.0 Å². The van der Waals surface area contributed by atoms with Crippen LogP contribution in [0.25, 0.3) is 21.7 Å². The largest absolute Gasteiger partial charge is 0.443 e. The highest BCUT2D eigenvalue weighted by Crippen LogP contribution is 2.23. The first-order valence-corrected chi connectivity index (χ1v) is 10.7. The van der Waals surface area contributed by atoms with Crippen molar-refractivity contribution >= 4 is 52.2 Å². The van der Waals surface area contributed by atoms with Crippen LogP contribution in [0.4, 0.5) is 0 Å². The number of rotatable bonds is 7. The summed E-state index contributed by atoms with van der Waals surface area (Å²) in [6.45, 7) is 6.24. The van der Waals surface area contributed by atoms with E-state index in [0.29, 0.717) is 12.4 Å². The molecule has 8 heteroatoms. The molecule has 158 valence electrons. The first-order valence-electron chi connectivity index (χ1n) is 9.80. The maximum absolute atomic E-state index is 5.57.